The number of rotatable bonds is 3. The van der Waals surface area contributed by atoms with E-state index in [2.05, 4.69) is 13.6 Å². The SMILES string of the molecule is Cc1oc(=O)oc1CO.O=C(O)Oc1ccc([N+](=O)[O-])cc1. The molecule has 0 atom stereocenters. The topological polar surface area (TPSA) is 153 Å². The molecule has 0 aliphatic carbocycles. The van der Waals surface area contributed by atoms with Gasteiger partial charge in [0.1, 0.15) is 18.1 Å². The van der Waals surface area contributed by atoms with Gasteiger partial charge in [0.2, 0.25) is 0 Å². The Hall–Kier alpha value is -3.14. The fourth-order valence-electron chi connectivity index (χ4n) is 1.26. The number of ether oxygens (including phenoxy) is 1. The maximum atomic E-state index is 10.2. The van der Waals surface area contributed by atoms with Gasteiger partial charge >= 0.3 is 12.0 Å². The molecule has 0 amide bonds. The van der Waals surface area contributed by atoms with Crippen molar-refractivity contribution in [2.45, 2.75) is 13.5 Å². The van der Waals surface area contributed by atoms with Gasteiger partial charge < -0.3 is 23.8 Å². The molecular formula is C12H11NO9. The minimum atomic E-state index is -1.45. The molecule has 1 aromatic carbocycles. The Bertz CT molecular complexity index is 698. The first-order valence-electron chi connectivity index (χ1n) is 5.69. The fraction of sp³-hybridized carbons (Fsp3) is 0.167. The van der Waals surface area contributed by atoms with Crippen molar-refractivity contribution in [3.05, 3.63) is 56.5 Å². The van der Waals surface area contributed by atoms with Gasteiger partial charge in [-0.15, -0.1) is 0 Å². The Morgan fingerprint density at radius 1 is 1.32 bits per heavy atom. The number of carbonyl (C=O) groups is 1. The van der Waals surface area contributed by atoms with E-state index in [0.717, 1.165) is 12.1 Å². The van der Waals surface area contributed by atoms with Crippen LogP contribution in [0.4, 0.5) is 10.5 Å². The van der Waals surface area contributed by atoms with Gasteiger partial charge in [0, 0.05) is 12.1 Å². The molecule has 0 saturated carbocycles. The third kappa shape index (κ3) is 5.09. The molecule has 0 radical (unpaired) electrons. The normalized spacial score (nSPS) is 9.55. The molecule has 22 heavy (non-hydrogen) atoms. The monoisotopic (exact) mass is 313 g/mol. The van der Waals surface area contributed by atoms with Crippen LogP contribution in [0, 0.1) is 17.0 Å². The van der Waals surface area contributed by atoms with Gasteiger partial charge in [-0.25, -0.2) is 9.59 Å². The summed E-state index contributed by atoms with van der Waals surface area (Å²) in [4.78, 5) is 29.9. The molecule has 2 N–H and O–H groups in total. The number of nitrogens with zero attached hydrogens (tertiary/aromatic N) is 1. The highest BCUT2D eigenvalue weighted by molar-refractivity contribution is 5.61. The molecule has 10 nitrogen and oxygen atoms in total. The lowest BCUT2D eigenvalue weighted by Gasteiger charge is -1.97. The fourth-order valence-corrected chi connectivity index (χ4v) is 1.26. The first-order valence-corrected chi connectivity index (χ1v) is 5.69. The lowest BCUT2D eigenvalue weighted by atomic mass is 10.3. The van der Waals surface area contributed by atoms with Crippen LogP contribution in [0.15, 0.2) is 37.9 Å². The molecule has 0 unspecified atom stereocenters. The Labute approximate surface area is 122 Å². The maximum Gasteiger partial charge on any atom is 0.519 e. The summed E-state index contributed by atoms with van der Waals surface area (Å²) >= 11 is 0. The van der Waals surface area contributed by atoms with Crippen LogP contribution < -0.4 is 10.6 Å². The van der Waals surface area contributed by atoms with Gasteiger partial charge in [0.25, 0.3) is 5.69 Å². The molecule has 0 spiro atoms. The Morgan fingerprint density at radius 3 is 2.23 bits per heavy atom. The van der Waals surface area contributed by atoms with Crippen molar-refractivity contribution in [1.82, 2.24) is 0 Å². The maximum absolute atomic E-state index is 10.2. The minimum Gasteiger partial charge on any atom is -0.449 e. The zero-order valence-corrected chi connectivity index (χ0v) is 11.2. The van der Waals surface area contributed by atoms with E-state index in [9.17, 15) is 19.7 Å². The second kappa shape index (κ2) is 7.59. The van der Waals surface area contributed by atoms with E-state index in [1.165, 1.54) is 12.1 Å². The van der Waals surface area contributed by atoms with Gasteiger partial charge in [-0.05, 0) is 19.1 Å². The van der Waals surface area contributed by atoms with Gasteiger partial charge in [-0.3, -0.25) is 10.1 Å². The summed E-state index contributed by atoms with van der Waals surface area (Å²) < 4.78 is 13.1. The van der Waals surface area contributed by atoms with Crippen LogP contribution in [-0.2, 0) is 6.61 Å². The number of benzene rings is 1. The van der Waals surface area contributed by atoms with Crippen molar-refractivity contribution >= 4 is 11.8 Å². The number of carboxylic acid groups (broad SMARTS) is 1. The standard InChI is InChI=1S/C7H5NO5.C5H6O4/c9-7(10)13-6-3-1-5(2-4-6)8(11)12;1-3-4(2-6)9-5(7)8-3/h1-4H,(H,9,10);6H,2H2,1H3. The molecule has 0 aliphatic heterocycles. The van der Waals surface area contributed by atoms with Crippen molar-refractivity contribution in [2.75, 3.05) is 0 Å². The summed E-state index contributed by atoms with van der Waals surface area (Å²) in [5.41, 5.74) is -0.113. The van der Waals surface area contributed by atoms with Crippen LogP contribution in [0.25, 0.3) is 0 Å². The zero-order chi connectivity index (χ0) is 16.7. The molecule has 0 fully saturated rings. The predicted octanol–water partition coefficient (Wildman–Crippen LogP) is 1.69. The van der Waals surface area contributed by atoms with Crippen LogP contribution >= 0.6 is 0 Å². The Morgan fingerprint density at radius 2 is 1.91 bits per heavy atom. The number of hydrogen-bond acceptors (Lipinski definition) is 8. The van der Waals surface area contributed by atoms with Crippen LogP contribution in [0.3, 0.4) is 0 Å². The number of aryl methyl sites for hydroxylation is 1. The van der Waals surface area contributed by atoms with Crippen molar-refractivity contribution in [3.63, 3.8) is 0 Å². The van der Waals surface area contributed by atoms with Gasteiger partial charge in [0.15, 0.2) is 5.76 Å². The number of aliphatic hydroxyl groups excluding tert-OH is 1. The Balaban J connectivity index is 0.000000235. The molecule has 1 heterocycles. The number of hydrogen-bond donors (Lipinski definition) is 2. The average Bonchev–Trinajstić information content (AvgIpc) is 2.77. The molecule has 0 bridgehead atoms. The number of aliphatic hydroxyl groups is 1. The summed E-state index contributed by atoms with van der Waals surface area (Å²) in [5.74, 6) is -0.183. The van der Waals surface area contributed by atoms with Gasteiger partial charge in [0.05, 0.1) is 4.92 Å². The van der Waals surface area contributed by atoms with Crippen molar-refractivity contribution in [3.8, 4) is 5.75 Å². The molecule has 118 valence electrons. The highest BCUT2D eigenvalue weighted by Crippen LogP contribution is 2.17. The quantitative estimate of drug-likeness (QED) is 0.372. The van der Waals surface area contributed by atoms with Gasteiger partial charge in [-0.2, -0.15) is 0 Å². The largest absolute Gasteiger partial charge is 0.519 e. The summed E-state index contributed by atoms with van der Waals surface area (Å²) in [7, 11) is 0. The first kappa shape index (κ1) is 16.9. The number of non-ortho nitro benzene ring substituents is 1. The van der Waals surface area contributed by atoms with Crippen LogP contribution in [-0.4, -0.2) is 21.3 Å². The van der Waals surface area contributed by atoms with Crippen molar-refractivity contribution in [2.24, 2.45) is 0 Å². The Kier molecular flexibility index (Phi) is 5.84. The molecular weight excluding hydrogens is 302 g/mol. The van der Waals surface area contributed by atoms with Crippen LogP contribution in [0.1, 0.15) is 11.5 Å². The average molecular weight is 313 g/mol. The number of nitro groups is 1. The summed E-state index contributed by atoms with van der Waals surface area (Å²) in [6.45, 7) is 1.26. The lowest BCUT2D eigenvalue weighted by molar-refractivity contribution is -0.384. The third-order valence-corrected chi connectivity index (χ3v) is 2.23. The molecule has 0 saturated heterocycles. The lowest BCUT2D eigenvalue weighted by Crippen LogP contribution is -2.02. The first-order chi connectivity index (χ1) is 10.3. The summed E-state index contributed by atoms with van der Waals surface area (Å²) in [6, 6.07) is 4.76. The van der Waals surface area contributed by atoms with E-state index in [4.69, 9.17) is 10.2 Å². The second-order valence-electron chi connectivity index (χ2n) is 3.71. The highest BCUT2D eigenvalue weighted by atomic mass is 16.7. The van der Waals surface area contributed by atoms with Crippen molar-refractivity contribution < 1.29 is 33.5 Å². The smallest absolute Gasteiger partial charge is 0.449 e. The van der Waals surface area contributed by atoms with E-state index in [0.29, 0.717) is 5.76 Å². The van der Waals surface area contributed by atoms with E-state index < -0.39 is 16.9 Å². The van der Waals surface area contributed by atoms with Crippen LogP contribution in [0.5, 0.6) is 5.75 Å². The van der Waals surface area contributed by atoms with E-state index in [1.54, 1.807) is 6.92 Å². The molecule has 2 rings (SSSR count). The summed E-state index contributed by atoms with van der Waals surface area (Å²) in [5, 5.41) is 26.8. The van der Waals surface area contributed by atoms with Gasteiger partial charge in [-0.1, -0.05) is 0 Å². The van der Waals surface area contributed by atoms with E-state index in [1.807, 2.05) is 0 Å². The minimum absolute atomic E-state index is 0.0538. The summed E-state index contributed by atoms with van der Waals surface area (Å²) in [6.07, 6.45) is -1.45. The molecule has 10 heteroatoms. The van der Waals surface area contributed by atoms with Crippen molar-refractivity contribution in [1.29, 1.82) is 0 Å². The second-order valence-corrected chi connectivity index (χ2v) is 3.71. The highest BCUT2D eigenvalue weighted by Gasteiger charge is 2.06. The number of nitro benzene ring substituents is 1. The zero-order valence-electron chi connectivity index (χ0n) is 11.2. The molecule has 2 aromatic rings. The molecule has 1 aromatic heterocycles. The molecule has 0 aliphatic rings. The van der Waals surface area contributed by atoms with E-state index in [-0.39, 0.29) is 23.8 Å². The van der Waals surface area contributed by atoms with Crippen LogP contribution in [0.2, 0.25) is 0 Å². The third-order valence-electron chi connectivity index (χ3n) is 2.23. The van der Waals surface area contributed by atoms with E-state index >= 15 is 0 Å². The predicted molar refractivity (Wildman–Crippen MR) is 69.7 cm³/mol.